The van der Waals surface area contributed by atoms with E-state index in [9.17, 15) is 0 Å². The van der Waals surface area contributed by atoms with Crippen molar-refractivity contribution < 1.29 is 5.11 Å². The van der Waals surface area contributed by atoms with Gasteiger partial charge in [-0.3, -0.25) is 9.97 Å². The molecule has 33 heavy (non-hydrogen) atoms. The average Bonchev–Trinajstić information content (AvgIpc) is 3.24. The molecule has 5 aromatic heterocycles. The highest BCUT2D eigenvalue weighted by molar-refractivity contribution is 7.59. The van der Waals surface area contributed by atoms with Crippen molar-refractivity contribution in [1.82, 2.24) is 34.7 Å². The first-order valence-corrected chi connectivity index (χ1v) is 10.4. The zero-order valence-corrected chi connectivity index (χ0v) is 19.0. The summed E-state index contributed by atoms with van der Waals surface area (Å²) in [7, 11) is 0. The lowest BCUT2D eigenvalue weighted by Crippen LogP contribution is -2.12. The zero-order valence-electron chi connectivity index (χ0n) is 18.0. The third-order valence-electron chi connectivity index (χ3n) is 5.40. The highest BCUT2D eigenvalue weighted by Crippen LogP contribution is 2.25. The van der Waals surface area contributed by atoms with Gasteiger partial charge >= 0.3 is 0 Å². The third kappa shape index (κ3) is 4.62. The van der Waals surface area contributed by atoms with Gasteiger partial charge in [-0.25, -0.2) is 19.6 Å². The molecule has 9 nitrogen and oxygen atoms in total. The Bertz CT molecular complexity index is 1380. The molecule has 0 radical (unpaired) electrons. The molecule has 0 fully saturated rings. The molecule has 1 atom stereocenters. The van der Waals surface area contributed by atoms with Crippen LogP contribution in [-0.4, -0.2) is 53.0 Å². The molecule has 5 rings (SSSR count). The smallest absolute Gasteiger partial charge is 0.157 e. The van der Waals surface area contributed by atoms with Gasteiger partial charge in [-0.15, -0.1) is 0 Å². The lowest BCUT2D eigenvalue weighted by molar-refractivity contribution is 0.271. The molecule has 0 aliphatic carbocycles. The van der Waals surface area contributed by atoms with Gasteiger partial charge in [0.05, 0.1) is 36.1 Å². The quantitative estimate of drug-likeness (QED) is 0.381. The summed E-state index contributed by atoms with van der Waals surface area (Å²) in [6, 6.07) is 9.80. The predicted octanol–water partition coefficient (Wildman–Crippen LogP) is 3.15. The van der Waals surface area contributed by atoms with Crippen molar-refractivity contribution in [3.8, 4) is 11.3 Å². The number of hydrogen-bond acceptors (Lipinski definition) is 8. The predicted molar refractivity (Wildman–Crippen MR) is 132 cm³/mol. The van der Waals surface area contributed by atoms with Gasteiger partial charge in [-0.2, -0.15) is 18.6 Å². The number of pyridine rings is 3. The lowest BCUT2D eigenvalue weighted by atomic mass is 10.0. The topological polar surface area (TPSA) is 115 Å². The Morgan fingerprint density at radius 2 is 1.94 bits per heavy atom. The van der Waals surface area contributed by atoms with Crippen LogP contribution < -0.4 is 5.32 Å². The monoisotopic (exact) mass is 460 g/mol. The SMILES string of the molecule is C[C@H](CNc1cc(-c2cnc3c(cnn3CCO)c2)ncn1)c1ccnc2cccnc12.S. The van der Waals surface area contributed by atoms with Gasteiger partial charge in [0, 0.05) is 48.1 Å². The number of nitrogens with one attached hydrogen (secondary N) is 1. The van der Waals surface area contributed by atoms with Gasteiger partial charge in [-0.1, -0.05) is 6.92 Å². The summed E-state index contributed by atoms with van der Waals surface area (Å²) < 4.78 is 1.69. The molecule has 0 aliphatic heterocycles. The normalized spacial score (nSPS) is 11.9. The van der Waals surface area contributed by atoms with Gasteiger partial charge in [0.1, 0.15) is 12.1 Å². The van der Waals surface area contributed by atoms with Crippen LogP contribution >= 0.6 is 13.5 Å². The number of aromatic nitrogens is 7. The van der Waals surface area contributed by atoms with E-state index < -0.39 is 0 Å². The summed E-state index contributed by atoms with van der Waals surface area (Å²) in [4.78, 5) is 22.2. The number of hydrogen-bond donors (Lipinski definition) is 2. The van der Waals surface area contributed by atoms with Gasteiger partial charge in [-0.05, 0) is 29.8 Å². The fraction of sp³-hybridized carbons (Fsp3) is 0.217. The Hall–Kier alpha value is -3.63. The number of fused-ring (bicyclic) bond motifs is 2. The highest BCUT2D eigenvalue weighted by Gasteiger charge is 2.12. The summed E-state index contributed by atoms with van der Waals surface area (Å²) in [6.07, 6.45) is 8.68. The molecule has 5 heterocycles. The standard InChI is InChI=1S/C23H22N8O.H2S/c1-15(18-4-6-24-19-3-2-5-25-22(18)19)11-26-21-10-20(28-14-29-21)16-9-17-13-30-31(7-8-32)23(17)27-12-16;/h2-6,9-10,12-15,32H,7-8,11H2,1H3,(H,26,28,29);1H2/t15-;/m1./s1. The second-order valence-corrected chi connectivity index (χ2v) is 7.57. The van der Waals surface area contributed by atoms with Crippen molar-refractivity contribution in [2.45, 2.75) is 19.4 Å². The molecular formula is C23H24N8OS. The number of rotatable bonds is 7. The van der Waals surface area contributed by atoms with E-state index in [0.717, 1.165) is 44.7 Å². The van der Waals surface area contributed by atoms with E-state index in [1.807, 2.05) is 36.5 Å². The third-order valence-corrected chi connectivity index (χ3v) is 5.40. The van der Waals surface area contributed by atoms with E-state index in [-0.39, 0.29) is 26.0 Å². The number of nitrogens with zero attached hydrogens (tertiary/aromatic N) is 7. The summed E-state index contributed by atoms with van der Waals surface area (Å²) >= 11 is 0. The van der Waals surface area contributed by atoms with Gasteiger partial charge < -0.3 is 10.4 Å². The second-order valence-electron chi connectivity index (χ2n) is 7.57. The molecule has 0 amide bonds. The minimum atomic E-state index is 0. The molecule has 0 unspecified atom stereocenters. The van der Waals surface area contributed by atoms with Crippen molar-refractivity contribution in [2.24, 2.45) is 0 Å². The Labute approximate surface area is 197 Å². The van der Waals surface area contributed by atoms with Crippen LogP contribution in [0.2, 0.25) is 0 Å². The molecular weight excluding hydrogens is 436 g/mol. The second kappa shape index (κ2) is 9.88. The van der Waals surface area contributed by atoms with Crippen LogP contribution in [0, 0.1) is 0 Å². The highest BCUT2D eigenvalue weighted by atomic mass is 32.1. The van der Waals surface area contributed by atoms with Crippen LogP contribution in [0.5, 0.6) is 0 Å². The Balaban J connectivity index is 0.00000259. The van der Waals surface area contributed by atoms with Crippen LogP contribution in [0.4, 0.5) is 5.82 Å². The summed E-state index contributed by atoms with van der Waals surface area (Å²) in [5.74, 6) is 0.952. The maximum atomic E-state index is 9.16. The van der Waals surface area contributed by atoms with E-state index >= 15 is 0 Å². The van der Waals surface area contributed by atoms with Crippen molar-refractivity contribution in [3.63, 3.8) is 0 Å². The number of aliphatic hydroxyl groups excluding tert-OH is 1. The molecule has 0 spiro atoms. The molecule has 0 aliphatic rings. The maximum Gasteiger partial charge on any atom is 0.157 e. The van der Waals surface area contributed by atoms with Gasteiger partial charge in [0.2, 0.25) is 0 Å². The van der Waals surface area contributed by atoms with Crippen molar-refractivity contribution >= 4 is 41.4 Å². The average molecular weight is 461 g/mol. The summed E-state index contributed by atoms with van der Waals surface area (Å²) in [5, 5.41) is 17.7. The van der Waals surface area contributed by atoms with Crippen LogP contribution in [0.15, 0.2) is 61.4 Å². The maximum absolute atomic E-state index is 9.16. The first-order chi connectivity index (χ1) is 15.7. The van der Waals surface area contributed by atoms with Crippen molar-refractivity contribution in [2.75, 3.05) is 18.5 Å². The molecule has 0 saturated heterocycles. The minimum Gasteiger partial charge on any atom is -0.394 e. The molecule has 168 valence electrons. The van der Waals surface area contributed by atoms with E-state index in [2.05, 4.69) is 42.3 Å². The summed E-state index contributed by atoms with van der Waals surface area (Å²) in [6.45, 7) is 3.28. The van der Waals surface area contributed by atoms with E-state index in [1.165, 1.54) is 0 Å². The van der Waals surface area contributed by atoms with Crippen molar-refractivity contribution in [3.05, 3.63) is 67.0 Å². The first-order valence-electron chi connectivity index (χ1n) is 10.4. The van der Waals surface area contributed by atoms with E-state index in [1.54, 1.807) is 29.6 Å². The van der Waals surface area contributed by atoms with Crippen LogP contribution in [0.25, 0.3) is 33.3 Å². The molecule has 5 aromatic rings. The first kappa shape index (κ1) is 22.6. The van der Waals surface area contributed by atoms with Crippen LogP contribution in [0.3, 0.4) is 0 Å². The van der Waals surface area contributed by atoms with Crippen LogP contribution in [0.1, 0.15) is 18.4 Å². The Morgan fingerprint density at radius 1 is 1.03 bits per heavy atom. The lowest BCUT2D eigenvalue weighted by Gasteiger charge is -2.15. The fourth-order valence-corrected chi connectivity index (χ4v) is 3.75. The number of anilines is 1. The van der Waals surface area contributed by atoms with Crippen LogP contribution in [-0.2, 0) is 6.54 Å². The largest absolute Gasteiger partial charge is 0.394 e. The van der Waals surface area contributed by atoms with E-state index in [4.69, 9.17) is 5.11 Å². The van der Waals surface area contributed by atoms with E-state index in [0.29, 0.717) is 13.1 Å². The minimum absolute atomic E-state index is 0. The van der Waals surface area contributed by atoms with Gasteiger partial charge in [0.25, 0.3) is 0 Å². The fourth-order valence-electron chi connectivity index (χ4n) is 3.75. The molecule has 0 aromatic carbocycles. The van der Waals surface area contributed by atoms with Gasteiger partial charge in [0.15, 0.2) is 5.65 Å². The summed E-state index contributed by atoms with van der Waals surface area (Å²) in [5.41, 5.74) is 5.36. The molecule has 0 saturated carbocycles. The molecule has 10 heteroatoms. The number of aliphatic hydroxyl groups is 1. The zero-order chi connectivity index (χ0) is 21.9. The Kier molecular flexibility index (Phi) is 6.76. The Morgan fingerprint density at radius 3 is 2.82 bits per heavy atom. The molecule has 0 bridgehead atoms. The van der Waals surface area contributed by atoms with Crippen molar-refractivity contribution in [1.29, 1.82) is 0 Å². The molecule has 2 N–H and O–H groups in total.